The average molecular weight is 276 g/mol. The molecule has 3 nitrogen and oxygen atoms in total. The zero-order valence-electron chi connectivity index (χ0n) is 13.1. The van der Waals surface area contributed by atoms with E-state index in [1.165, 1.54) is 5.56 Å². The van der Waals surface area contributed by atoms with E-state index in [1.807, 2.05) is 18.2 Å². The molecule has 0 unspecified atom stereocenters. The van der Waals surface area contributed by atoms with E-state index in [4.69, 9.17) is 4.74 Å². The maximum atomic E-state index is 5.90. The second-order valence-corrected chi connectivity index (χ2v) is 5.53. The Morgan fingerprint density at radius 3 is 2.80 bits per heavy atom. The van der Waals surface area contributed by atoms with Gasteiger partial charge in [0.1, 0.15) is 12.4 Å². The molecule has 1 rings (SSSR count). The van der Waals surface area contributed by atoms with Crippen molar-refractivity contribution in [3.8, 4) is 5.75 Å². The van der Waals surface area contributed by atoms with Crippen molar-refractivity contribution < 1.29 is 4.74 Å². The third-order valence-electron chi connectivity index (χ3n) is 3.01. The molecular weight excluding hydrogens is 248 g/mol. The zero-order chi connectivity index (χ0) is 14.8. The fourth-order valence-corrected chi connectivity index (χ4v) is 1.91. The summed E-state index contributed by atoms with van der Waals surface area (Å²) in [6, 6.07) is 8.24. The van der Waals surface area contributed by atoms with Crippen LogP contribution in [-0.4, -0.2) is 38.2 Å². The van der Waals surface area contributed by atoms with E-state index in [0.717, 1.165) is 31.9 Å². The van der Waals surface area contributed by atoms with Gasteiger partial charge in [0.05, 0.1) is 0 Å². The predicted molar refractivity (Wildman–Crippen MR) is 86.2 cm³/mol. The Labute approximate surface area is 123 Å². The summed E-state index contributed by atoms with van der Waals surface area (Å²) >= 11 is 0. The quantitative estimate of drug-likeness (QED) is 0.665. The molecule has 0 amide bonds. The van der Waals surface area contributed by atoms with Crippen molar-refractivity contribution in [3.63, 3.8) is 0 Å². The van der Waals surface area contributed by atoms with Gasteiger partial charge in [0.25, 0.3) is 0 Å². The highest BCUT2D eigenvalue weighted by Crippen LogP contribution is 2.17. The van der Waals surface area contributed by atoms with Crippen LogP contribution in [0.5, 0.6) is 5.75 Å². The summed E-state index contributed by atoms with van der Waals surface area (Å²) in [5.74, 6) is 1.64. The highest BCUT2D eigenvalue weighted by Gasteiger charge is 2.04. The van der Waals surface area contributed by atoms with Crippen molar-refractivity contribution in [2.45, 2.75) is 20.4 Å². The SMILES string of the molecule is C=CCN(C)CCOc1ccccc1CNCC(C)C. The molecule has 0 aromatic heterocycles. The number of para-hydroxylation sites is 1. The molecule has 1 N–H and O–H groups in total. The Morgan fingerprint density at radius 2 is 2.10 bits per heavy atom. The molecule has 0 saturated carbocycles. The normalized spacial score (nSPS) is 11.1. The average Bonchev–Trinajstić information content (AvgIpc) is 2.40. The lowest BCUT2D eigenvalue weighted by molar-refractivity contribution is 0.247. The van der Waals surface area contributed by atoms with Gasteiger partial charge < -0.3 is 10.1 Å². The molecule has 1 aromatic rings. The van der Waals surface area contributed by atoms with Gasteiger partial charge >= 0.3 is 0 Å². The number of likely N-dealkylation sites (N-methyl/N-ethyl adjacent to an activating group) is 1. The maximum absolute atomic E-state index is 5.90. The fraction of sp³-hybridized carbons (Fsp3) is 0.529. The third-order valence-corrected chi connectivity index (χ3v) is 3.01. The highest BCUT2D eigenvalue weighted by molar-refractivity contribution is 5.33. The lowest BCUT2D eigenvalue weighted by atomic mass is 10.2. The van der Waals surface area contributed by atoms with Crippen LogP contribution >= 0.6 is 0 Å². The van der Waals surface area contributed by atoms with E-state index in [1.54, 1.807) is 0 Å². The largest absolute Gasteiger partial charge is 0.492 e. The smallest absolute Gasteiger partial charge is 0.123 e. The zero-order valence-corrected chi connectivity index (χ0v) is 13.1. The van der Waals surface area contributed by atoms with E-state index in [0.29, 0.717) is 12.5 Å². The van der Waals surface area contributed by atoms with Gasteiger partial charge in [0.2, 0.25) is 0 Å². The molecule has 0 bridgehead atoms. The van der Waals surface area contributed by atoms with Gasteiger partial charge in [-0.3, -0.25) is 4.90 Å². The summed E-state index contributed by atoms with van der Waals surface area (Å²) in [5.41, 5.74) is 1.22. The molecule has 0 saturated heterocycles. The predicted octanol–water partition coefficient (Wildman–Crippen LogP) is 2.93. The van der Waals surface area contributed by atoms with E-state index in [2.05, 4.69) is 49.8 Å². The van der Waals surface area contributed by atoms with Gasteiger partial charge in [0.15, 0.2) is 0 Å². The third kappa shape index (κ3) is 6.73. The van der Waals surface area contributed by atoms with Crippen molar-refractivity contribution in [2.75, 3.05) is 33.3 Å². The minimum absolute atomic E-state index is 0.663. The summed E-state index contributed by atoms with van der Waals surface area (Å²) in [4.78, 5) is 2.19. The molecule has 0 heterocycles. The summed E-state index contributed by atoms with van der Waals surface area (Å²) in [6.45, 7) is 12.5. The van der Waals surface area contributed by atoms with Crippen molar-refractivity contribution in [3.05, 3.63) is 42.5 Å². The molecular formula is C17H28N2O. The van der Waals surface area contributed by atoms with E-state index in [9.17, 15) is 0 Å². The Balaban J connectivity index is 2.42. The number of ether oxygens (including phenoxy) is 1. The number of benzene rings is 1. The van der Waals surface area contributed by atoms with Gasteiger partial charge in [0, 0.05) is 25.2 Å². The van der Waals surface area contributed by atoms with E-state index >= 15 is 0 Å². The van der Waals surface area contributed by atoms with E-state index < -0.39 is 0 Å². The number of nitrogens with one attached hydrogen (secondary N) is 1. The number of rotatable bonds is 10. The fourth-order valence-electron chi connectivity index (χ4n) is 1.91. The van der Waals surface area contributed by atoms with Crippen LogP contribution in [0.2, 0.25) is 0 Å². The van der Waals surface area contributed by atoms with Crippen molar-refractivity contribution in [2.24, 2.45) is 5.92 Å². The lowest BCUT2D eigenvalue weighted by Gasteiger charge is -2.16. The standard InChI is InChI=1S/C17H28N2O/c1-5-10-19(4)11-12-20-17-9-7-6-8-16(17)14-18-13-15(2)3/h5-9,15,18H,1,10-14H2,2-4H3. The van der Waals surface area contributed by atoms with Crippen molar-refractivity contribution >= 4 is 0 Å². The molecule has 0 radical (unpaired) electrons. The first-order chi connectivity index (χ1) is 9.63. The van der Waals surface area contributed by atoms with Crippen LogP contribution in [0, 0.1) is 5.92 Å². The Bertz CT molecular complexity index is 390. The van der Waals surface area contributed by atoms with Crippen LogP contribution in [0.25, 0.3) is 0 Å². The first kappa shape index (κ1) is 16.7. The van der Waals surface area contributed by atoms with Crippen LogP contribution in [-0.2, 0) is 6.54 Å². The Kier molecular flexibility index (Phi) is 8.00. The molecule has 112 valence electrons. The van der Waals surface area contributed by atoms with Gasteiger partial charge in [-0.15, -0.1) is 6.58 Å². The van der Waals surface area contributed by atoms with Gasteiger partial charge in [-0.05, 0) is 25.6 Å². The molecule has 0 atom stereocenters. The molecule has 0 aliphatic carbocycles. The molecule has 3 heteroatoms. The van der Waals surface area contributed by atoms with Gasteiger partial charge in [-0.25, -0.2) is 0 Å². The number of nitrogens with zero attached hydrogens (tertiary/aromatic N) is 1. The second-order valence-electron chi connectivity index (χ2n) is 5.53. The highest BCUT2D eigenvalue weighted by atomic mass is 16.5. The van der Waals surface area contributed by atoms with Crippen LogP contribution < -0.4 is 10.1 Å². The van der Waals surface area contributed by atoms with Crippen LogP contribution in [0.1, 0.15) is 19.4 Å². The Hall–Kier alpha value is -1.32. The van der Waals surface area contributed by atoms with Crippen molar-refractivity contribution in [1.29, 1.82) is 0 Å². The number of hydrogen-bond donors (Lipinski definition) is 1. The summed E-state index contributed by atoms with van der Waals surface area (Å²) in [5, 5.41) is 3.46. The second kappa shape index (κ2) is 9.56. The minimum atomic E-state index is 0.663. The molecule has 0 aliphatic heterocycles. The van der Waals surface area contributed by atoms with Crippen LogP contribution in [0.3, 0.4) is 0 Å². The van der Waals surface area contributed by atoms with Gasteiger partial charge in [-0.2, -0.15) is 0 Å². The summed E-state index contributed by atoms with van der Waals surface area (Å²) in [7, 11) is 2.07. The number of hydrogen-bond acceptors (Lipinski definition) is 3. The van der Waals surface area contributed by atoms with Gasteiger partial charge in [-0.1, -0.05) is 38.1 Å². The maximum Gasteiger partial charge on any atom is 0.123 e. The monoisotopic (exact) mass is 276 g/mol. The first-order valence-electron chi connectivity index (χ1n) is 7.34. The topological polar surface area (TPSA) is 24.5 Å². The molecule has 1 aromatic carbocycles. The van der Waals surface area contributed by atoms with Crippen LogP contribution in [0.15, 0.2) is 36.9 Å². The van der Waals surface area contributed by atoms with Crippen LogP contribution in [0.4, 0.5) is 0 Å². The molecule has 0 fully saturated rings. The van der Waals surface area contributed by atoms with Crippen molar-refractivity contribution in [1.82, 2.24) is 10.2 Å². The molecule has 20 heavy (non-hydrogen) atoms. The summed E-state index contributed by atoms with van der Waals surface area (Å²) < 4.78 is 5.90. The minimum Gasteiger partial charge on any atom is -0.492 e. The molecule has 0 aliphatic rings. The van der Waals surface area contributed by atoms with E-state index in [-0.39, 0.29) is 0 Å². The molecule has 0 spiro atoms. The lowest BCUT2D eigenvalue weighted by Crippen LogP contribution is -2.24. The first-order valence-corrected chi connectivity index (χ1v) is 7.34. The summed E-state index contributed by atoms with van der Waals surface area (Å²) in [6.07, 6.45) is 1.91. The Morgan fingerprint density at radius 1 is 1.35 bits per heavy atom.